The van der Waals surface area contributed by atoms with Gasteiger partial charge in [-0.15, -0.1) is 0 Å². The minimum atomic E-state index is -1.40. The molecule has 0 bridgehead atoms. The van der Waals surface area contributed by atoms with Gasteiger partial charge >= 0.3 is 17.9 Å². The van der Waals surface area contributed by atoms with Gasteiger partial charge in [-0.25, -0.2) is 9.78 Å². The van der Waals surface area contributed by atoms with Crippen molar-refractivity contribution in [1.82, 2.24) is 10.3 Å². The number of amides is 1. The number of cyclic esters (lactones) is 2. The SMILES string of the molecule is COc1ccnc(C(=O)N[C@H]2COC(=O)[C@H](Cc3ccccc3)[C@@H](OC(=O)C(C)C)[C@H](C)OC2=O)c1ON. The normalized spacial score (nSPS) is 21.7. The molecule has 2 aromatic rings. The first kappa shape index (κ1) is 28.4. The average molecular weight is 530 g/mol. The summed E-state index contributed by atoms with van der Waals surface area (Å²) in [5.41, 5.74) is 0.533. The number of benzene rings is 1. The van der Waals surface area contributed by atoms with Crippen molar-refractivity contribution in [2.24, 2.45) is 17.7 Å². The fraction of sp³-hybridized carbons (Fsp3) is 0.423. The number of esters is 3. The van der Waals surface area contributed by atoms with Crippen LogP contribution >= 0.6 is 0 Å². The predicted octanol–water partition coefficient (Wildman–Crippen LogP) is 1.36. The van der Waals surface area contributed by atoms with Crippen molar-refractivity contribution in [3.63, 3.8) is 0 Å². The Labute approximate surface area is 219 Å². The van der Waals surface area contributed by atoms with Crippen LogP contribution in [-0.4, -0.2) is 60.8 Å². The average Bonchev–Trinajstić information content (AvgIpc) is 2.94. The molecular weight excluding hydrogens is 498 g/mol. The highest BCUT2D eigenvalue weighted by Crippen LogP contribution is 2.29. The number of aromatic nitrogens is 1. The van der Waals surface area contributed by atoms with Gasteiger partial charge in [0.2, 0.25) is 5.75 Å². The lowest BCUT2D eigenvalue weighted by molar-refractivity contribution is -0.176. The maximum atomic E-state index is 13.3. The fourth-order valence-corrected chi connectivity index (χ4v) is 3.84. The first-order valence-corrected chi connectivity index (χ1v) is 12.0. The van der Waals surface area contributed by atoms with E-state index in [0.717, 1.165) is 5.56 Å². The van der Waals surface area contributed by atoms with E-state index in [1.807, 2.05) is 30.3 Å². The Kier molecular flexibility index (Phi) is 9.61. The molecule has 4 atom stereocenters. The minimum Gasteiger partial charge on any atom is -0.493 e. The summed E-state index contributed by atoms with van der Waals surface area (Å²) in [6, 6.07) is 9.12. The standard InChI is InChI=1S/C26H31N3O9/c1-14(2)24(31)37-21-15(3)36-26(33)18(13-35-25(32)17(21)12-16-8-6-5-7-9-16)29-23(30)20-22(38-27)19(34-4)10-11-28-20/h5-11,14-15,17-18,21H,12-13,27H2,1-4H3,(H,29,30)/t15-,17+,18-,21-/m0/s1. The molecule has 1 amide bonds. The Balaban J connectivity index is 1.88. The highest BCUT2D eigenvalue weighted by Gasteiger charge is 2.42. The van der Waals surface area contributed by atoms with Crippen LogP contribution in [0.1, 0.15) is 36.8 Å². The van der Waals surface area contributed by atoms with E-state index < -0.39 is 60.5 Å². The number of carbonyl (C=O) groups is 4. The summed E-state index contributed by atoms with van der Waals surface area (Å²) in [5, 5.41) is 2.43. The molecule has 2 heterocycles. The molecule has 1 aliphatic heterocycles. The van der Waals surface area contributed by atoms with Crippen molar-refractivity contribution in [1.29, 1.82) is 0 Å². The third-order valence-corrected chi connectivity index (χ3v) is 5.89. The summed E-state index contributed by atoms with van der Waals surface area (Å²) in [6.45, 7) is 4.27. The largest absolute Gasteiger partial charge is 0.493 e. The van der Waals surface area contributed by atoms with E-state index in [1.165, 1.54) is 26.3 Å². The Morgan fingerprint density at radius 2 is 1.87 bits per heavy atom. The molecule has 0 aliphatic carbocycles. The van der Waals surface area contributed by atoms with Crippen molar-refractivity contribution >= 4 is 23.8 Å². The molecule has 1 saturated heterocycles. The number of nitrogens with two attached hydrogens (primary N) is 1. The molecule has 12 nitrogen and oxygen atoms in total. The van der Waals surface area contributed by atoms with Gasteiger partial charge in [0.05, 0.1) is 13.0 Å². The molecule has 1 aromatic carbocycles. The maximum absolute atomic E-state index is 13.3. The minimum absolute atomic E-state index is 0.142. The van der Waals surface area contributed by atoms with E-state index in [-0.39, 0.29) is 23.6 Å². The fourth-order valence-electron chi connectivity index (χ4n) is 3.84. The summed E-state index contributed by atoms with van der Waals surface area (Å²) in [6.07, 6.45) is -0.712. The molecule has 12 heteroatoms. The Morgan fingerprint density at radius 3 is 2.50 bits per heavy atom. The highest BCUT2D eigenvalue weighted by atomic mass is 16.6. The van der Waals surface area contributed by atoms with Gasteiger partial charge in [0, 0.05) is 12.3 Å². The third kappa shape index (κ3) is 6.76. The number of pyridine rings is 1. The first-order valence-electron chi connectivity index (χ1n) is 12.0. The number of ether oxygens (including phenoxy) is 4. The van der Waals surface area contributed by atoms with Crippen LogP contribution in [0.5, 0.6) is 11.5 Å². The summed E-state index contributed by atoms with van der Waals surface area (Å²) in [4.78, 5) is 60.5. The van der Waals surface area contributed by atoms with Gasteiger partial charge in [-0.1, -0.05) is 44.2 Å². The summed E-state index contributed by atoms with van der Waals surface area (Å²) >= 11 is 0. The molecule has 3 N–H and O–H groups in total. The number of nitrogens with zero attached hydrogens (tertiary/aromatic N) is 1. The van der Waals surface area contributed by atoms with Crippen LogP contribution in [0.4, 0.5) is 0 Å². The van der Waals surface area contributed by atoms with Crippen molar-refractivity contribution in [3.8, 4) is 11.5 Å². The molecule has 38 heavy (non-hydrogen) atoms. The molecule has 0 spiro atoms. The highest BCUT2D eigenvalue weighted by molar-refractivity contribution is 5.98. The predicted molar refractivity (Wildman–Crippen MR) is 132 cm³/mol. The van der Waals surface area contributed by atoms with Gasteiger partial charge in [0.25, 0.3) is 5.91 Å². The van der Waals surface area contributed by atoms with Crippen LogP contribution in [0.3, 0.4) is 0 Å². The smallest absolute Gasteiger partial charge is 0.332 e. The van der Waals surface area contributed by atoms with E-state index in [9.17, 15) is 19.2 Å². The zero-order valence-electron chi connectivity index (χ0n) is 21.5. The lowest BCUT2D eigenvalue weighted by Gasteiger charge is -2.29. The maximum Gasteiger partial charge on any atom is 0.332 e. The van der Waals surface area contributed by atoms with E-state index in [4.69, 9.17) is 29.7 Å². The number of rotatable bonds is 8. The van der Waals surface area contributed by atoms with Crippen molar-refractivity contribution < 1.29 is 43.0 Å². The van der Waals surface area contributed by atoms with Crippen molar-refractivity contribution in [2.75, 3.05) is 13.7 Å². The van der Waals surface area contributed by atoms with E-state index in [0.29, 0.717) is 0 Å². The summed E-state index contributed by atoms with van der Waals surface area (Å²) in [7, 11) is 1.35. The van der Waals surface area contributed by atoms with Crippen LogP contribution in [0.2, 0.25) is 0 Å². The molecule has 1 aliphatic rings. The number of methoxy groups -OCH3 is 1. The molecule has 204 valence electrons. The third-order valence-electron chi connectivity index (χ3n) is 5.89. The van der Waals surface area contributed by atoms with Gasteiger partial charge in [0.15, 0.2) is 23.6 Å². The second-order valence-electron chi connectivity index (χ2n) is 8.96. The van der Waals surface area contributed by atoms with Gasteiger partial charge in [0.1, 0.15) is 18.6 Å². The quantitative estimate of drug-likeness (QED) is 0.288. The van der Waals surface area contributed by atoms with Crippen LogP contribution in [-0.2, 0) is 35.0 Å². The molecule has 3 rings (SSSR count). The van der Waals surface area contributed by atoms with E-state index in [2.05, 4.69) is 10.3 Å². The second-order valence-corrected chi connectivity index (χ2v) is 8.96. The number of hydrogen-bond acceptors (Lipinski definition) is 11. The number of nitrogens with one attached hydrogen (secondary N) is 1. The topological polar surface area (TPSA) is 165 Å². The lowest BCUT2D eigenvalue weighted by Crippen LogP contribution is -2.47. The summed E-state index contributed by atoms with van der Waals surface area (Å²) in [5.74, 6) is 0.774. The zero-order chi connectivity index (χ0) is 27.8. The van der Waals surface area contributed by atoms with Crippen LogP contribution in [0, 0.1) is 11.8 Å². The first-order chi connectivity index (χ1) is 18.2. The van der Waals surface area contributed by atoms with Crippen LogP contribution in [0.25, 0.3) is 0 Å². The van der Waals surface area contributed by atoms with Crippen molar-refractivity contribution in [3.05, 3.63) is 53.9 Å². The van der Waals surface area contributed by atoms with Gasteiger partial charge < -0.3 is 29.1 Å². The number of carbonyl (C=O) groups excluding carboxylic acids is 4. The van der Waals surface area contributed by atoms with Crippen LogP contribution in [0.15, 0.2) is 42.6 Å². The molecule has 0 radical (unpaired) electrons. The lowest BCUT2D eigenvalue weighted by atomic mass is 9.91. The van der Waals surface area contributed by atoms with Crippen molar-refractivity contribution in [2.45, 2.75) is 45.4 Å². The molecule has 1 aromatic heterocycles. The van der Waals surface area contributed by atoms with E-state index >= 15 is 0 Å². The Bertz CT molecular complexity index is 1160. The molecular formula is C26H31N3O9. The summed E-state index contributed by atoms with van der Waals surface area (Å²) < 4.78 is 21.8. The Morgan fingerprint density at radius 1 is 1.16 bits per heavy atom. The van der Waals surface area contributed by atoms with Gasteiger partial charge in [-0.05, 0) is 18.9 Å². The second kappa shape index (κ2) is 12.9. The molecule has 0 unspecified atom stereocenters. The Hall–Kier alpha value is -4.19. The molecule has 1 fully saturated rings. The number of hydrogen-bond donors (Lipinski definition) is 2. The van der Waals surface area contributed by atoms with Gasteiger partial charge in [-0.3, -0.25) is 14.4 Å². The van der Waals surface area contributed by atoms with Crippen LogP contribution < -0.4 is 20.8 Å². The van der Waals surface area contributed by atoms with E-state index in [1.54, 1.807) is 13.8 Å². The monoisotopic (exact) mass is 529 g/mol. The van der Waals surface area contributed by atoms with Gasteiger partial charge in [-0.2, -0.15) is 5.90 Å². The molecule has 0 saturated carbocycles. The zero-order valence-corrected chi connectivity index (χ0v) is 21.5.